The van der Waals surface area contributed by atoms with Gasteiger partial charge in [0, 0.05) is 31.2 Å². The minimum atomic E-state index is -3.53. The Morgan fingerprint density at radius 2 is 2.11 bits per heavy atom. The van der Waals surface area contributed by atoms with Gasteiger partial charge < -0.3 is 5.11 Å². The summed E-state index contributed by atoms with van der Waals surface area (Å²) in [6.45, 7) is 2.07. The molecule has 1 aliphatic heterocycles. The highest BCUT2D eigenvalue weighted by molar-refractivity contribution is 7.89. The van der Waals surface area contributed by atoms with Crippen molar-refractivity contribution in [2.45, 2.75) is 11.8 Å². The topological polar surface area (TPSA) is 74.7 Å². The number of Topliss-reactive ketones (excluding diaryl/α,β-unsaturated/α-hetero) is 1. The maximum Gasteiger partial charge on any atom is 0.243 e. The van der Waals surface area contributed by atoms with E-state index in [2.05, 4.69) is 0 Å². The predicted octanol–water partition coefficient (Wildman–Crippen LogP) is 0.502. The molecule has 1 saturated heterocycles. The van der Waals surface area contributed by atoms with Crippen LogP contribution in [0.15, 0.2) is 29.2 Å². The summed E-state index contributed by atoms with van der Waals surface area (Å²) in [5, 5.41) is 8.89. The van der Waals surface area contributed by atoms with Gasteiger partial charge in [0.05, 0.1) is 4.90 Å². The predicted molar refractivity (Wildman–Crippen MR) is 65.8 cm³/mol. The summed E-state index contributed by atoms with van der Waals surface area (Å²) in [6, 6.07) is 6.03. The summed E-state index contributed by atoms with van der Waals surface area (Å²) >= 11 is 0. The van der Waals surface area contributed by atoms with Crippen molar-refractivity contribution in [3.8, 4) is 0 Å². The monoisotopic (exact) mass is 269 g/mol. The van der Waals surface area contributed by atoms with Crippen molar-refractivity contribution in [1.29, 1.82) is 0 Å². The molecule has 2 rings (SSSR count). The molecule has 0 aliphatic carbocycles. The minimum Gasteiger partial charge on any atom is -0.396 e. The van der Waals surface area contributed by atoms with E-state index in [9.17, 15) is 13.2 Å². The Hall–Kier alpha value is -1.24. The molecule has 1 aromatic carbocycles. The van der Waals surface area contributed by atoms with Crippen LogP contribution in [0.2, 0.25) is 0 Å². The van der Waals surface area contributed by atoms with E-state index in [0.29, 0.717) is 18.7 Å². The summed E-state index contributed by atoms with van der Waals surface area (Å²) in [7, 11) is -3.53. The molecule has 0 radical (unpaired) electrons. The van der Waals surface area contributed by atoms with Gasteiger partial charge in [-0.25, -0.2) is 8.42 Å². The standard InChI is InChI=1S/C12H15NO4S/c1-9(15)11-3-2-4-12(5-11)18(16,17)13-6-10(7-13)8-14/h2-5,10,14H,6-8H2,1H3. The fourth-order valence-electron chi connectivity index (χ4n) is 1.86. The smallest absolute Gasteiger partial charge is 0.243 e. The lowest BCUT2D eigenvalue weighted by molar-refractivity contribution is 0.101. The molecule has 0 saturated carbocycles. The van der Waals surface area contributed by atoms with Gasteiger partial charge in [-0.15, -0.1) is 0 Å². The maximum atomic E-state index is 12.2. The molecule has 0 spiro atoms. The molecule has 1 aliphatic rings. The van der Waals surface area contributed by atoms with Crippen LogP contribution in [-0.4, -0.2) is 43.3 Å². The molecule has 1 heterocycles. The van der Waals surface area contributed by atoms with Crippen molar-refractivity contribution in [2.24, 2.45) is 5.92 Å². The Balaban J connectivity index is 2.26. The highest BCUT2D eigenvalue weighted by atomic mass is 32.2. The first-order chi connectivity index (χ1) is 8.45. The lowest BCUT2D eigenvalue weighted by Gasteiger charge is -2.36. The lowest BCUT2D eigenvalue weighted by atomic mass is 10.1. The zero-order valence-corrected chi connectivity index (χ0v) is 10.9. The fourth-order valence-corrected chi connectivity index (χ4v) is 3.50. The molecule has 98 valence electrons. The van der Waals surface area contributed by atoms with E-state index in [-0.39, 0.29) is 23.2 Å². The van der Waals surface area contributed by atoms with Gasteiger partial charge in [-0.2, -0.15) is 4.31 Å². The number of rotatable bonds is 4. The molecule has 0 amide bonds. The van der Waals surface area contributed by atoms with E-state index in [1.807, 2.05) is 0 Å². The van der Waals surface area contributed by atoms with Crippen LogP contribution in [0.1, 0.15) is 17.3 Å². The summed E-state index contributed by atoms with van der Waals surface area (Å²) < 4.78 is 25.7. The Morgan fingerprint density at radius 1 is 1.44 bits per heavy atom. The summed E-state index contributed by atoms with van der Waals surface area (Å²) in [4.78, 5) is 11.4. The van der Waals surface area contributed by atoms with Crippen molar-refractivity contribution < 1.29 is 18.3 Å². The SMILES string of the molecule is CC(=O)c1cccc(S(=O)(=O)N2CC(CO)C2)c1. The summed E-state index contributed by atoms with van der Waals surface area (Å²) in [5.74, 6) is -0.139. The third-order valence-electron chi connectivity index (χ3n) is 3.06. The molecule has 6 heteroatoms. The minimum absolute atomic E-state index is 0.000490. The third-order valence-corrected chi connectivity index (χ3v) is 4.89. The van der Waals surface area contributed by atoms with Gasteiger partial charge in [0.15, 0.2) is 5.78 Å². The first-order valence-corrected chi connectivity index (χ1v) is 7.11. The average molecular weight is 269 g/mol. The molecule has 0 unspecified atom stereocenters. The number of aliphatic hydroxyl groups is 1. The van der Waals surface area contributed by atoms with Crippen molar-refractivity contribution in [3.05, 3.63) is 29.8 Å². The second kappa shape index (κ2) is 4.79. The van der Waals surface area contributed by atoms with Crippen LogP contribution in [-0.2, 0) is 10.0 Å². The van der Waals surface area contributed by atoms with Crippen LogP contribution in [0.25, 0.3) is 0 Å². The number of hydrogen-bond donors (Lipinski definition) is 1. The van der Waals surface area contributed by atoms with Crippen molar-refractivity contribution in [1.82, 2.24) is 4.31 Å². The Bertz CT molecular complexity index is 561. The molecule has 1 fully saturated rings. The number of nitrogens with zero attached hydrogens (tertiary/aromatic N) is 1. The van der Waals surface area contributed by atoms with E-state index in [1.54, 1.807) is 12.1 Å². The van der Waals surface area contributed by atoms with Crippen molar-refractivity contribution >= 4 is 15.8 Å². The first kappa shape index (κ1) is 13.2. The van der Waals surface area contributed by atoms with Gasteiger partial charge in [-0.3, -0.25) is 4.79 Å². The zero-order valence-electron chi connectivity index (χ0n) is 10.0. The van der Waals surface area contributed by atoms with Gasteiger partial charge in [-0.1, -0.05) is 12.1 Å². The highest BCUT2D eigenvalue weighted by Gasteiger charge is 2.36. The van der Waals surface area contributed by atoms with E-state index in [1.165, 1.54) is 23.4 Å². The van der Waals surface area contributed by atoms with Crippen LogP contribution >= 0.6 is 0 Å². The maximum absolute atomic E-state index is 12.2. The Morgan fingerprint density at radius 3 is 2.67 bits per heavy atom. The lowest BCUT2D eigenvalue weighted by Crippen LogP contribution is -2.51. The second-order valence-corrected chi connectivity index (χ2v) is 6.39. The number of benzene rings is 1. The van der Waals surface area contributed by atoms with Crippen LogP contribution in [0.4, 0.5) is 0 Å². The molecule has 5 nitrogen and oxygen atoms in total. The van der Waals surface area contributed by atoms with Gasteiger partial charge in [0.25, 0.3) is 0 Å². The third kappa shape index (κ3) is 2.31. The number of ketones is 1. The molecule has 0 aromatic heterocycles. The van der Waals surface area contributed by atoms with E-state index < -0.39 is 10.0 Å². The number of carbonyl (C=O) groups is 1. The Kier molecular flexibility index (Phi) is 3.52. The van der Waals surface area contributed by atoms with Gasteiger partial charge in [0.1, 0.15) is 0 Å². The molecule has 1 N–H and O–H groups in total. The fraction of sp³-hybridized carbons (Fsp3) is 0.417. The molecule has 0 bridgehead atoms. The van der Waals surface area contributed by atoms with Crippen LogP contribution in [0, 0.1) is 5.92 Å². The molecule has 0 atom stereocenters. The van der Waals surface area contributed by atoms with E-state index >= 15 is 0 Å². The molecular weight excluding hydrogens is 254 g/mol. The zero-order chi connectivity index (χ0) is 13.3. The van der Waals surface area contributed by atoms with Gasteiger partial charge >= 0.3 is 0 Å². The van der Waals surface area contributed by atoms with Crippen molar-refractivity contribution in [2.75, 3.05) is 19.7 Å². The van der Waals surface area contributed by atoms with Gasteiger partial charge in [0.2, 0.25) is 10.0 Å². The van der Waals surface area contributed by atoms with Crippen LogP contribution < -0.4 is 0 Å². The summed E-state index contributed by atoms with van der Waals surface area (Å²) in [5.41, 5.74) is 0.385. The van der Waals surface area contributed by atoms with Gasteiger partial charge in [-0.05, 0) is 19.1 Å². The highest BCUT2D eigenvalue weighted by Crippen LogP contribution is 2.25. The molecule has 18 heavy (non-hydrogen) atoms. The van der Waals surface area contributed by atoms with E-state index in [0.717, 1.165) is 0 Å². The Labute approximate surface area is 106 Å². The van der Waals surface area contributed by atoms with Crippen LogP contribution in [0.5, 0.6) is 0 Å². The number of hydrogen-bond acceptors (Lipinski definition) is 4. The number of sulfonamides is 1. The number of carbonyl (C=O) groups excluding carboxylic acids is 1. The quantitative estimate of drug-likeness (QED) is 0.808. The van der Waals surface area contributed by atoms with Crippen molar-refractivity contribution in [3.63, 3.8) is 0 Å². The van der Waals surface area contributed by atoms with E-state index in [4.69, 9.17) is 5.11 Å². The average Bonchev–Trinajstić information content (AvgIpc) is 2.27. The second-order valence-electron chi connectivity index (χ2n) is 4.45. The van der Waals surface area contributed by atoms with Crippen LogP contribution in [0.3, 0.4) is 0 Å². The normalized spacial score (nSPS) is 17.4. The molecular formula is C12H15NO4S. The summed E-state index contributed by atoms with van der Waals surface area (Å²) in [6.07, 6.45) is 0. The first-order valence-electron chi connectivity index (χ1n) is 5.67. The number of aliphatic hydroxyl groups excluding tert-OH is 1. The largest absolute Gasteiger partial charge is 0.396 e. The molecule has 1 aromatic rings.